The summed E-state index contributed by atoms with van der Waals surface area (Å²) in [6.07, 6.45) is 2.78. The maximum absolute atomic E-state index is 12.8. The minimum Gasteiger partial charge on any atom is -0.294 e. The molecule has 6 nitrogen and oxygen atoms in total. The van der Waals surface area contributed by atoms with Gasteiger partial charge in [-0.3, -0.25) is 10.1 Å². The van der Waals surface area contributed by atoms with Crippen molar-refractivity contribution in [3.05, 3.63) is 107 Å². The van der Waals surface area contributed by atoms with Crippen molar-refractivity contribution in [3.8, 4) is 11.3 Å². The first kappa shape index (κ1) is 21.1. The van der Waals surface area contributed by atoms with E-state index in [2.05, 4.69) is 46.5 Å². The third-order valence-corrected chi connectivity index (χ3v) is 6.46. The van der Waals surface area contributed by atoms with Gasteiger partial charge in [-0.15, -0.1) is 0 Å². The quantitative estimate of drug-likeness (QED) is 0.354. The molecule has 0 bridgehead atoms. The SMILES string of the molecule is Cc1ccc([C@@H]2CC(=O)c3cnc(Nc4nc(-c5ccccc5)c5ccccc5n4)nc3C2)cc1. The van der Waals surface area contributed by atoms with Crippen molar-refractivity contribution in [2.24, 2.45) is 0 Å². The average molecular weight is 458 g/mol. The second kappa shape index (κ2) is 8.72. The van der Waals surface area contributed by atoms with Gasteiger partial charge in [0.15, 0.2) is 5.78 Å². The van der Waals surface area contributed by atoms with Crippen molar-refractivity contribution in [3.63, 3.8) is 0 Å². The molecule has 3 aromatic carbocycles. The molecule has 5 aromatic rings. The second-order valence-corrected chi connectivity index (χ2v) is 8.90. The predicted molar refractivity (Wildman–Crippen MR) is 137 cm³/mol. The van der Waals surface area contributed by atoms with Crippen LogP contribution in [0.3, 0.4) is 0 Å². The molecule has 0 radical (unpaired) electrons. The number of aryl methyl sites for hydroxylation is 1. The summed E-state index contributed by atoms with van der Waals surface area (Å²) in [7, 11) is 0. The zero-order valence-electron chi connectivity index (χ0n) is 19.3. The van der Waals surface area contributed by atoms with Crippen LogP contribution in [0.15, 0.2) is 85.1 Å². The Kier molecular flexibility index (Phi) is 5.26. The highest BCUT2D eigenvalue weighted by molar-refractivity contribution is 5.98. The van der Waals surface area contributed by atoms with E-state index >= 15 is 0 Å². The second-order valence-electron chi connectivity index (χ2n) is 8.90. The van der Waals surface area contributed by atoms with E-state index in [0.717, 1.165) is 33.4 Å². The van der Waals surface area contributed by atoms with Crippen LogP contribution in [0.1, 0.15) is 39.5 Å². The zero-order valence-corrected chi connectivity index (χ0v) is 19.3. The summed E-state index contributed by atoms with van der Waals surface area (Å²) >= 11 is 0. The largest absolute Gasteiger partial charge is 0.294 e. The molecule has 6 heteroatoms. The summed E-state index contributed by atoms with van der Waals surface area (Å²) in [4.78, 5) is 31.4. The number of hydrogen-bond donors (Lipinski definition) is 1. The molecule has 1 aliphatic carbocycles. The van der Waals surface area contributed by atoms with Gasteiger partial charge in [-0.2, -0.15) is 0 Å². The number of nitrogens with one attached hydrogen (secondary N) is 1. The summed E-state index contributed by atoms with van der Waals surface area (Å²) in [6, 6.07) is 26.3. The highest BCUT2D eigenvalue weighted by Gasteiger charge is 2.28. The molecular formula is C29H23N5O. The summed E-state index contributed by atoms with van der Waals surface area (Å²) < 4.78 is 0. The molecule has 170 valence electrons. The lowest BCUT2D eigenvalue weighted by atomic mass is 9.82. The number of carbonyl (C=O) groups excluding carboxylic acids is 1. The number of benzene rings is 3. The molecule has 0 unspecified atom stereocenters. The number of ketones is 1. The summed E-state index contributed by atoms with van der Waals surface area (Å²) in [5, 5.41) is 4.15. The van der Waals surface area contributed by atoms with Gasteiger partial charge in [0.25, 0.3) is 0 Å². The number of aromatic nitrogens is 4. The van der Waals surface area contributed by atoms with Gasteiger partial charge in [-0.05, 0) is 30.9 Å². The molecule has 0 fully saturated rings. The van der Waals surface area contributed by atoms with Crippen LogP contribution >= 0.6 is 0 Å². The fourth-order valence-electron chi connectivity index (χ4n) is 4.63. The fourth-order valence-corrected chi connectivity index (χ4v) is 4.63. The van der Waals surface area contributed by atoms with E-state index in [9.17, 15) is 4.79 Å². The maximum Gasteiger partial charge on any atom is 0.230 e. The molecule has 0 saturated carbocycles. The van der Waals surface area contributed by atoms with Gasteiger partial charge in [0.1, 0.15) is 0 Å². The number of rotatable bonds is 4. The van der Waals surface area contributed by atoms with Crippen molar-refractivity contribution < 1.29 is 4.79 Å². The van der Waals surface area contributed by atoms with E-state index in [4.69, 9.17) is 9.97 Å². The van der Waals surface area contributed by atoms with Gasteiger partial charge in [0.2, 0.25) is 11.9 Å². The van der Waals surface area contributed by atoms with Crippen LogP contribution in [-0.4, -0.2) is 25.7 Å². The number of fused-ring (bicyclic) bond motifs is 2. The van der Waals surface area contributed by atoms with Crippen molar-refractivity contribution >= 4 is 28.6 Å². The lowest BCUT2D eigenvalue weighted by molar-refractivity contribution is 0.0962. The zero-order chi connectivity index (χ0) is 23.8. The smallest absolute Gasteiger partial charge is 0.230 e. The monoisotopic (exact) mass is 457 g/mol. The van der Waals surface area contributed by atoms with Crippen LogP contribution in [0.2, 0.25) is 0 Å². The Morgan fingerprint density at radius 3 is 2.40 bits per heavy atom. The summed E-state index contributed by atoms with van der Waals surface area (Å²) in [6.45, 7) is 2.06. The number of para-hydroxylation sites is 1. The Labute approximate surface area is 203 Å². The Bertz CT molecular complexity index is 1550. The fraction of sp³-hybridized carbons (Fsp3) is 0.138. The molecule has 0 aliphatic heterocycles. The number of Topliss-reactive ketones (excluding diaryl/α,β-unsaturated/α-hetero) is 1. The lowest BCUT2D eigenvalue weighted by Crippen LogP contribution is -2.21. The number of nitrogens with zero attached hydrogens (tertiary/aromatic N) is 4. The van der Waals surface area contributed by atoms with Gasteiger partial charge in [0, 0.05) is 23.6 Å². The third kappa shape index (κ3) is 4.15. The minimum atomic E-state index is 0.0803. The minimum absolute atomic E-state index is 0.0803. The molecular weight excluding hydrogens is 434 g/mol. The number of carbonyl (C=O) groups is 1. The van der Waals surface area contributed by atoms with E-state index in [1.54, 1.807) is 6.20 Å². The molecule has 1 atom stereocenters. The average Bonchev–Trinajstić information content (AvgIpc) is 2.89. The molecule has 35 heavy (non-hydrogen) atoms. The van der Waals surface area contributed by atoms with E-state index in [-0.39, 0.29) is 11.7 Å². The van der Waals surface area contributed by atoms with Gasteiger partial charge < -0.3 is 0 Å². The summed E-state index contributed by atoms with van der Waals surface area (Å²) in [5.41, 5.74) is 6.40. The third-order valence-electron chi connectivity index (χ3n) is 6.46. The van der Waals surface area contributed by atoms with Crippen molar-refractivity contribution in [1.29, 1.82) is 0 Å². The molecule has 1 N–H and O–H groups in total. The first-order valence-corrected chi connectivity index (χ1v) is 11.7. The van der Waals surface area contributed by atoms with Gasteiger partial charge in [-0.25, -0.2) is 19.9 Å². The first-order chi connectivity index (χ1) is 17.1. The predicted octanol–water partition coefficient (Wildman–Crippen LogP) is 6.05. The molecule has 2 heterocycles. The van der Waals surface area contributed by atoms with Gasteiger partial charge >= 0.3 is 0 Å². The molecule has 1 aliphatic rings. The van der Waals surface area contributed by atoms with Crippen LogP contribution in [0.25, 0.3) is 22.2 Å². The van der Waals surface area contributed by atoms with E-state index < -0.39 is 0 Å². The Hall–Kier alpha value is -4.45. The van der Waals surface area contributed by atoms with E-state index in [0.29, 0.717) is 30.3 Å². The van der Waals surface area contributed by atoms with Crippen LogP contribution < -0.4 is 5.32 Å². The Morgan fingerprint density at radius 1 is 0.800 bits per heavy atom. The van der Waals surface area contributed by atoms with Crippen molar-refractivity contribution in [2.45, 2.75) is 25.7 Å². The van der Waals surface area contributed by atoms with Crippen LogP contribution in [0, 0.1) is 6.92 Å². The molecule has 0 amide bonds. The molecule has 0 spiro atoms. The standard InChI is InChI=1S/C29H23N5O/c1-18-11-13-19(14-12-18)21-15-25-23(26(35)16-21)17-30-28(32-25)34-29-31-24-10-6-5-9-22(24)27(33-29)20-7-3-2-4-8-20/h2-14,17,21H,15-16H2,1H3,(H,30,31,32,33,34)/t21-/m0/s1. The highest BCUT2D eigenvalue weighted by Crippen LogP contribution is 2.33. The lowest BCUT2D eigenvalue weighted by Gasteiger charge is -2.23. The van der Waals surface area contributed by atoms with Crippen molar-refractivity contribution in [2.75, 3.05) is 5.32 Å². The van der Waals surface area contributed by atoms with Crippen LogP contribution in [-0.2, 0) is 6.42 Å². The Balaban J connectivity index is 1.34. The topological polar surface area (TPSA) is 80.7 Å². The normalized spacial score (nSPS) is 15.1. The summed E-state index contributed by atoms with van der Waals surface area (Å²) in [5.74, 6) is 0.992. The molecule has 0 saturated heterocycles. The van der Waals surface area contributed by atoms with Crippen LogP contribution in [0.5, 0.6) is 0 Å². The number of anilines is 2. The Morgan fingerprint density at radius 2 is 1.57 bits per heavy atom. The van der Waals surface area contributed by atoms with E-state index in [1.807, 2.05) is 54.6 Å². The van der Waals surface area contributed by atoms with E-state index in [1.165, 1.54) is 5.56 Å². The van der Waals surface area contributed by atoms with Crippen LogP contribution in [0.4, 0.5) is 11.9 Å². The molecule has 2 aromatic heterocycles. The first-order valence-electron chi connectivity index (χ1n) is 11.7. The number of hydrogen-bond acceptors (Lipinski definition) is 6. The highest BCUT2D eigenvalue weighted by atomic mass is 16.1. The van der Waals surface area contributed by atoms with Crippen molar-refractivity contribution in [1.82, 2.24) is 19.9 Å². The maximum atomic E-state index is 12.8. The molecule has 6 rings (SSSR count). The van der Waals surface area contributed by atoms with Gasteiger partial charge in [-0.1, -0.05) is 78.4 Å². The van der Waals surface area contributed by atoms with Gasteiger partial charge in [0.05, 0.1) is 22.5 Å².